The molecule has 0 aliphatic carbocycles. The van der Waals surface area contributed by atoms with Crippen LogP contribution in [0, 0.1) is 11.8 Å². The lowest BCUT2D eigenvalue weighted by molar-refractivity contribution is 0.122. The Morgan fingerprint density at radius 2 is 2.00 bits per heavy atom. The van der Waals surface area contributed by atoms with Crippen molar-refractivity contribution in [3.05, 3.63) is 59.9 Å². The van der Waals surface area contributed by atoms with Gasteiger partial charge >= 0.3 is 0 Å². The Bertz CT molecular complexity index is 882. The van der Waals surface area contributed by atoms with E-state index >= 15 is 0 Å². The number of nitrogens with zero attached hydrogens (tertiary/aromatic N) is 2. The number of aromatic nitrogens is 2. The van der Waals surface area contributed by atoms with E-state index in [1.165, 1.54) is 5.69 Å². The van der Waals surface area contributed by atoms with Gasteiger partial charge < -0.3 is 14.6 Å². The molecule has 0 radical (unpaired) electrons. The number of aromatic amines is 1. The average molecular weight is 303 g/mol. The van der Waals surface area contributed by atoms with E-state index in [1.807, 2.05) is 24.4 Å². The van der Waals surface area contributed by atoms with Gasteiger partial charge in [0.25, 0.3) is 0 Å². The van der Waals surface area contributed by atoms with Crippen molar-refractivity contribution in [3.63, 3.8) is 0 Å². The first-order chi connectivity index (χ1) is 11.4. The minimum Gasteiger partial charge on any atom is -0.378 e. The Balaban J connectivity index is 1.63. The summed E-state index contributed by atoms with van der Waals surface area (Å²) in [5.41, 5.74) is 4.10. The first-order valence-electron chi connectivity index (χ1n) is 7.77. The SMILES string of the molecule is C(#Cc1ccnc2[nH]ccc12)c1cccc(N2CCOCC2)c1. The zero-order valence-electron chi connectivity index (χ0n) is 12.7. The van der Waals surface area contributed by atoms with Crippen LogP contribution in [0.2, 0.25) is 0 Å². The molecule has 1 fully saturated rings. The summed E-state index contributed by atoms with van der Waals surface area (Å²) >= 11 is 0. The second-order valence-corrected chi connectivity index (χ2v) is 5.50. The Hall–Kier alpha value is -2.77. The molecule has 2 aromatic heterocycles. The van der Waals surface area contributed by atoms with Gasteiger partial charge in [-0.05, 0) is 30.3 Å². The van der Waals surface area contributed by atoms with Crippen molar-refractivity contribution >= 4 is 16.7 Å². The summed E-state index contributed by atoms with van der Waals surface area (Å²) in [7, 11) is 0. The molecular weight excluding hydrogens is 286 g/mol. The molecule has 0 bridgehead atoms. The van der Waals surface area contributed by atoms with Crippen molar-refractivity contribution in [2.75, 3.05) is 31.2 Å². The van der Waals surface area contributed by atoms with Crippen LogP contribution in [0.25, 0.3) is 11.0 Å². The number of benzene rings is 1. The number of rotatable bonds is 1. The summed E-state index contributed by atoms with van der Waals surface area (Å²) in [5, 5.41) is 1.06. The largest absolute Gasteiger partial charge is 0.378 e. The van der Waals surface area contributed by atoms with Crippen molar-refractivity contribution in [2.24, 2.45) is 0 Å². The van der Waals surface area contributed by atoms with Crippen LogP contribution in [0.4, 0.5) is 5.69 Å². The van der Waals surface area contributed by atoms with Gasteiger partial charge in [0.05, 0.1) is 13.2 Å². The number of pyridine rings is 1. The summed E-state index contributed by atoms with van der Waals surface area (Å²) in [6.07, 6.45) is 3.68. The fraction of sp³-hybridized carbons (Fsp3) is 0.211. The fourth-order valence-corrected chi connectivity index (χ4v) is 2.81. The van der Waals surface area contributed by atoms with Crippen LogP contribution in [-0.4, -0.2) is 36.3 Å². The lowest BCUT2D eigenvalue weighted by atomic mass is 10.1. The van der Waals surface area contributed by atoms with Crippen LogP contribution < -0.4 is 4.90 Å². The Labute approximate surface area is 135 Å². The Morgan fingerprint density at radius 3 is 2.91 bits per heavy atom. The van der Waals surface area contributed by atoms with E-state index in [-0.39, 0.29) is 0 Å². The predicted molar refractivity (Wildman–Crippen MR) is 91.5 cm³/mol. The van der Waals surface area contributed by atoms with Gasteiger partial charge in [-0.15, -0.1) is 0 Å². The molecule has 1 saturated heterocycles. The number of nitrogens with one attached hydrogen (secondary N) is 1. The maximum Gasteiger partial charge on any atom is 0.138 e. The molecule has 1 N–H and O–H groups in total. The first kappa shape index (κ1) is 13.9. The van der Waals surface area contributed by atoms with Crippen molar-refractivity contribution in [1.29, 1.82) is 0 Å². The van der Waals surface area contributed by atoms with Crippen molar-refractivity contribution in [2.45, 2.75) is 0 Å². The normalized spacial score (nSPS) is 14.5. The molecule has 4 rings (SSSR count). The minimum absolute atomic E-state index is 0.790. The summed E-state index contributed by atoms with van der Waals surface area (Å²) in [6.45, 7) is 3.45. The van der Waals surface area contributed by atoms with Gasteiger partial charge in [0.2, 0.25) is 0 Å². The molecular formula is C19H17N3O. The molecule has 0 atom stereocenters. The van der Waals surface area contributed by atoms with E-state index < -0.39 is 0 Å². The van der Waals surface area contributed by atoms with E-state index in [1.54, 1.807) is 6.20 Å². The number of fused-ring (bicyclic) bond motifs is 1. The molecule has 0 amide bonds. The lowest BCUT2D eigenvalue weighted by Gasteiger charge is -2.28. The number of ether oxygens (including phenoxy) is 1. The first-order valence-corrected chi connectivity index (χ1v) is 7.77. The predicted octanol–water partition coefficient (Wildman–Crippen LogP) is 2.80. The maximum atomic E-state index is 5.41. The standard InChI is InChI=1S/C19H17N3O/c1-2-15(14-17(3-1)22-10-12-23-13-11-22)4-5-16-6-8-20-19-18(16)7-9-21-19/h1-3,6-9,14H,10-13H2,(H,20,21). The van der Waals surface area contributed by atoms with Gasteiger partial charge in [-0.25, -0.2) is 4.98 Å². The van der Waals surface area contributed by atoms with Gasteiger partial charge in [0, 0.05) is 47.7 Å². The number of morpholine rings is 1. The Kier molecular flexibility index (Phi) is 3.71. The van der Waals surface area contributed by atoms with Crippen LogP contribution in [0.3, 0.4) is 0 Å². The number of H-pyrrole nitrogens is 1. The van der Waals surface area contributed by atoms with Crippen molar-refractivity contribution < 1.29 is 4.74 Å². The van der Waals surface area contributed by atoms with Crippen LogP contribution in [0.15, 0.2) is 48.8 Å². The van der Waals surface area contributed by atoms with Crippen molar-refractivity contribution in [1.82, 2.24) is 9.97 Å². The van der Waals surface area contributed by atoms with Gasteiger partial charge in [-0.2, -0.15) is 0 Å². The molecule has 0 unspecified atom stereocenters. The molecule has 1 aliphatic heterocycles. The van der Waals surface area contributed by atoms with E-state index in [4.69, 9.17) is 4.74 Å². The summed E-state index contributed by atoms with van der Waals surface area (Å²) < 4.78 is 5.41. The van der Waals surface area contributed by atoms with E-state index in [2.05, 4.69) is 44.9 Å². The third kappa shape index (κ3) is 2.92. The van der Waals surface area contributed by atoms with Crippen LogP contribution in [0.5, 0.6) is 0 Å². The van der Waals surface area contributed by atoms with Gasteiger partial charge in [0.1, 0.15) is 5.65 Å². The monoisotopic (exact) mass is 303 g/mol. The second-order valence-electron chi connectivity index (χ2n) is 5.50. The number of hydrogen-bond donors (Lipinski definition) is 1. The fourth-order valence-electron chi connectivity index (χ4n) is 2.81. The van der Waals surface area contributed by atoms with Crippen LogP contribution in [-0.2, 0) is 4.74 Å². The van der Waals surface area contributed by atoms with Crippen molar-refractivity contribution in [3.8, 4) is 11.8 Å². The van der Waals surface area contributed by atoms with Gasteiger partial charge in [0.15, 0.2) is 0 Å². The minimum atomic E-state index is 0.790. The van der Waals surface area contributed by atoms with E-state index in [0.717, 1.165) is 48.5 Å². The highest BCUT2D eigenvalue weighted by Gasteiger charge is 2.10. The molecule has 1 aromatic carbocycles. The van der Waals surface area contributed by atoms with Gasteiger partial charge in [-0.1, -0.05) is 17.9 Å². The Morgan fingerprint density at radius 1 is 1.09 bits per heavy atom. The summed E-state index contributed by atoms with van der Waals surface area (Å²) in [6, 6.07) is 12.4. The zero-order chi connectivity index (χ0) is 15.5. The number of anilines is 1. The average Bonchev–Trinajstić information content (AvgIpc) is 3.10. The molecule has 0 saturated carbocycles. The molecule has 114 valence electrons. The molecule has 4 heteroatoms. The topological polar surface area (TPSA) is 41.2 Å². The molecule has 3 aromatic rings. The molecule has 0 spiro atoms. The highest BCUT2D eigenvalue weighted by atomic mass is 16.5. The number of hydrogen-bond acceptors (Lipinski definition) is 3. The third-order valence-corrected chi connectivity index (χ3v) is 4.02. The summed E-state index contributed by atoms with van der Waals surface area (Å²) in [5.74, 6) is 6.54. The van der Waals surface area contributed by atoms with Crippen LogP contribution >= 0.6 is 0 Å². The highest BCUT2D eigenvalue weighted by molar-refractivity contribution is 5.82. The summed E-state index contributed by atoms with van der Waals surface area (Å²) in [4.78, 5) is 9.74. The third-order valence-electron chi connectivity index (χ3n) is 4.02. The van der Waals surface area contributed by atoms with Gasteiger partial charge in [-0.3, -0.25) is 0 Å². The molecule has 4 nitrogen and oxygen atoms in total. The van der Waals surface area contributed by atoms with E-state index in [9.17, 15) is 0 Å². The maximum absolute atomic E-state index is 5.41. The zero-order valence-corrected chi connectivity index (χ0v) is 12.7. The van der Waals surface area contributed by atoms with Crippen LogP contribution in [0.1, 0.15) is 11.1 Å². The molecule has 3 heterocycles. The lowest BCUT2D eigenvalue weighted by Crippen LogP contribution is -2.36. The molecule has 1 aliphatic rings. The van der Waals surface area contributed by atoms with E-state index in [0.29, 0.717) is 0 Å². The smallest absolute Gasteiger partial charge is 0.138 e. The second kappa shape index (κ2) is 6.15. The highest BCUT2D eigenvalue weighted by Crippen LogP contribution is 2.18. The quantitative estimate of drug-likeness (QED) is 0.703. The molecule has 23 heavy (non-hydrogen) atoms.